The van der Waals surface area contributed by atoms with Crippen LogP contribution in [0.5, 0.6) is 11.5 Å². The fourth-order valence-corrected chi connectivity index (χ4v) is 8.67. The monoisotopic (exact) mass is 754 g/mol. The third-order valence-electron chi connectivity index (χ3n) is 11.4. The van der Waals surface area contributed by atoms with Crippen LogP contribution in [0.3, 0.4) is 0 Å². The molecule has 0 bridgehead atoms. The van der Waals surface area contributed by atoms with Crippen LogP contribution < -0.4 is 14.5 Å². The van der Waals surface area contributed by atoms with Crippen molar-refractivity contribution in [3.63, 3.8) is 0 Å². The quantitative estimate of drug-likeness (QED) is 0.144. The SMILES string of the molecule is c1ccc(-c2ccccc2N(c2ccccc2)c2ccc(-c3ccc4c(c3)Oc3cccc5c3c-4cc3ccc(N(c4ccccc4)c4ccccc4)cc35)cc2)cc1. The van der Waals surface area contributed by atoms with Crippen molar-refractivity contribution in [1.82, 2.24) is 0 Å². The van der Waals surface area contributed by atoms with Crippen LogP contribution in [0, 0.1) is 0 Å². The molecule has 11 rings (SSSR count). The zero-order valence-corrected chi connectivity index (χ0v) is 32.2. The predicted molar refractivity (Wildman–Crippen MR) is 247 cm³/mol. The number of benzene rings is 10. The minimum Gasteiger partial charge on any atom is -0.456 e. The van der Waals surface area contributed by atoms with Crippen LogP contribution in [0.15, 0.2) is 231 Å². The first kappa shape index (κ1) is 34.4. The Morgan fingerprint density at radius 1 is 0.288 bits per heavy atom. The molecule has 0 aromatic heterocycles. The van der Waals surface area contributed by atoms with Crippen molar-refractivity contribution < 1.29 is 4.74 Å². The summed E-state index contributed by atoms with van der Waals surface area (Å²) < 4.78 is 6.79. The molecule has 0 N–H and O–H groups in total. The lowest BCUT2D eigenvalue weighted by Gasteiger charge is -2.28. The van der Waals surface area contributed by atoms with Crippen LogP contribution in [0.1, 0.15) is 0 Å². The molecule has 0 saturated carbocycles. The van der Waals surface area contributed by atoms with E-state index < -0.39 is 0 Å². The zero-order chi connectivity index (χ0) is 39.1. The first-order valence-corrected chi connectivity index (χ1v) is 20.1. The van der Waals surface area contributed by atoms with Gasteiger partial charge < -0.3 is 14.5 Å². The molecule has 0 fully saturated rings. The first-order valence-electron chi connectivity index (χ1n) is 20.1. The number of hydrogen-bond donors (Lipinski definition) is 0. The second-order valence-electron chi connectivity index (χ2n) is 14.9. The lowest BCUT2D eigenvalue weighted by molar-refractivity contribution is 0.487. The summed E-state index contributed by atoms with van der Waals surface area (Å²) in [6.45, 7) is 0. The Morgan fingerprint density at radius 3 is 1.56 bits per heavy atom. The molecule has 10 aromatic carbocycles. The fraction of sp³-hybridized carbons (Fsp3) is 0. The molecule has 0 unspecified atom stereocenters. The van der Waals surface area contributed by atoms with E-state index in [4.69, 9.17) is 4.74 Å². The molecule has 1 aliphatic rings. The molecule has 0 amide bonds. The highest BCUT2D eigenvalue weighted by Crippen LogP contribution is 2.50. The molecule has 0 atom stereocenters. The molecule has 1 heterocycles. The van der Waals surface area contributed by atoms with Gasteiger partial charge in [-0.1, -0.05) is 140 Å². The molecule has 0 saturated heterocycles. The molecule has 3 heteroatoms. The Labute approximate surface area is 344 Å². The lowest BCUT2D eigenvalue weighted by Crippen LogP contribution is -2.11. The largest absolute Gasteiger partial charge is 0.456 e. The molecular weight excluding hydrogens is 717 g/mol. The highest BCUT2D eigenvalue weighted by Gasteiger charge is 2.24. The maximum Gasteiger partial charge on any atom is 0.135 e. The van der Waals surface area contributed by atoms with Crippen LogP contribution in [-0.2, 0) is 0 Å². The Morgan fingerprint density at radius 2 is 0.864 bits per heavy atom. The van der Waals surface area contributed by atoms with E-state index in [9.17, 15) is 0 Å². The second-order valence-corrected chi connectivity index (χ2v) is 14.9. The van der Waals surface area contributed by atoms with E-state index >= 15 is 0 Å². The van der Waals surface area contributed by atoms with Gasteiger partial charge in [-0.2, -0.15) is 0 Å². The van der Waals surface area contributed by atoms with Gasteiger partial charge in [0.1, 0.15) is 11.5 Å². The van der Waals surface area contributed by atoms with Gasteiger partial charge in [0.25, 0.3) is 0 Å². The molecular formula is C56H38N2O. The van der Waals surface area contributed by atoms with Gasteiger partial charge in [0, 0.05) is 45.0 Å². The number of ether oxygens (including phenoxy) is 1. The van der Waals surface area contributed by atoms with Crippen molar-refractivity contribution in [2.45, 2.75) is 0 Å². The molecule has 278 valence electrons. The Balaban J connectivity index is 0.965. The second kappa shape index (κ2) is 14.6. The molecule has 0 aliphatic carbocycles. The van der Waals surface area contributed by atoms with Crippen molar-refractivity contribution in [3.05, 3.63) is 231 Å². The maximum absolute atomic E-state index is 6.79. The van der Waals surface area contributed by atoms with Crippen molar-refractivity contribution in [1.29, 1.82) is 0 Å². The van der Waals surface area contributed by atoms with E-state index in [-0.39, 0.29) is 0 Å². The topological polar surface area (TPSA) is 15.7 Å². The van der Waals surface area contributed by atoms with E-state index in [1.165, 1.54) is 32.8 Å². The van der Waals surface area contributed by atoms with Crippen LogP contribution in [-0.4, -0.2) is 0 Å². The van der Waals surface area contributed by atoms with Gasteiger partial charge in [0.2, 0.25) is 0 Å². The summed E-state index contributed by atoms with van der Waals surface area (Å²) in [6, 6.07) is 82.1. The minimum atomic E-state index is 0.865. The van der Waals surface area contributed by atoms with Crippen LogP contribution >= 0.6 is 0 Å². The number of rotatable bonds is 8. The molecule has 0 spiro atoms. The summed E-state index contributed by atoms with van der Waals surface area (Å²) in [4.78, 5) is 4.66. The van der Waals surface area contributed by atoms with Gasteiger partial charge in [-0.05, 0) is 129 Å². The van der Waals surface area contributed by atoms with E-state index in [0.717, 1.165) is 67.7 Å². The third-order valence-corrected chi connectivity index (χ3v) is 11.4. The van der Waals surface area contributed by atoms with Crippen molar-refractivity contribution in [2.24, 2.45) is 0 Å². The standard InChI is InChI=1S/C56H38N2O/c1-5-16-40(17-6-1)48-24-13-14-26-53(48)58(45-22-11-4-12-23-45)46-32-28-39(29-33-46)41-31-35-49-52-36-42-30-34-47(57(43-18-7-2-8-19-43)44-20-9-3-10-21-44)38-51(42)50-25-15-27-54(56(50)52)59-55(49)37-41/h1-38H. The zero-order valence-electron chi connectivity index (χ0n) is 32.2. The first-order chi connectivity index (χ1) is 29.3. The van der Waals surface area contributed by atoms with Crippen molar-refractivity contribution in [3.8, 4) is 44.9 Å². The van der Waals surface area contributed by atoms with Gasteiger partial charge >= 0.3 is 0 Å². The summed E-state index contributed by atoms with van der Waals surface area (Å²) in [6.07, 6.45) is 0. The van der Waals surface area contributed by atoms with E-state index in [2.05, 4.69) is 240 Å². The highest BCUT2D eigenvalue weighted by atomic mass is 16.5. The summed E-state index contributed by atoms with van der Waals surface area (Å²) in [7, 11) is 0. The number of para-hydroxylation sites is 4. The highest BCUT2D eigenvalue weighted by molar-refractivity contribution is 6.18. The Bertz CT molecular complexity index is 3070. The van der Waals surface area contributed by atoms with Crippen LogP contribution in [0.4, 0.5) is 34.1 Å². The third kappa shape index (κ3) is 6.17. The predicted octanol–water partition coefficient (Wildman–Crippen LogP) is 16.0. The van der Waals surface area contributed by atoms with E-state index in [1.807, 2.05) is 0 Å². The lowest BCUT2D eigenvalue weighted by atomic mass is 9.89. The molecule has 10 aromatic rings. The van der Waals surface area contributed by atoms with Gasteiger partial charge in [-0.3, -0.25) is 0 Å². The van der Waals surface area contributed by atoms with Crippen LogP contribution in [0.2, 0.25) is 0 Å². The molecule has 3 nitrogen and oxygen atoms in total. The van der Waals surface area contributed by atoms with Gasteiger partial charge in [-0.25, -0.2) is 0 Å². The van der Waals surface area contributed by atoms with Crippen molar-refractivity contribution >= 4 is 55.7 Å². The molecule has 1 aliphatic heterocycles. The summed E-state index contributed by atoms with van der Waals surface area (Å²) >= 11 is 0. The molecule has 59 heavy (non-hydrogen) atoms. The summed E-state index contributed by atoms with van der Waals surface area (Å²) in [5, 5.41) is 4.71. The van der Waals surface area contributed by atoms with Gasteiger partial charge in [0.15, 0.2) is 0 Å². The van der Waals surface area contributed by atoms with Crippen LogP contribution in [0.25, 0.3) is 54.9 Å². The average Bonchev–Trinajstić information content (AvgIpc) is 3.31. The summed E-state index contributed by atoms with van der Waals surface area (Å²) in [5.41, 5.74) is 13.5. The van der Waals surface area contributed by atoms with E-state index in [0.29, 0.717) is 0 Å². The average molecular weight is 755 g/mol. The number of nitrogens with zero attached hydrogens (tertiary/aromatic N) is 2. The van der Waals surface area contributed by atoms with Gasteiger partial charge in [0.05, 0.1) is 5.69 Å². The van der Waals surface area contributed by atoms with E-state index in [1.54, 1.807) is 0 Å². The number of anilines is 6. The maximum atomic E-state index is 6.79. The number of hydrogen-bond acceptors (Lipinski definition) is 3. The normalized spacial score (nSPS) is 11.5. The Hall–Kier alpha value is -7.88. The van der Waals surface area contributed by atoms with Gasteiger partial charge in [-0.15, -0.1) is 0 Å². The number of fused-ring (bicyclic) bond motifs is 4. The van der Waals surface area contributed by atoms with Crippen molar-refractivity contribution in [2.75, 3.05) is 9.80 Å². The minimum absolute atomic E-state index is 0.865. The molecule has 0 radical (unpaired) electrons. The smallest absolute Gasteiger partial charge is 0.135 e. The fourth-order valence-electron chi connectivity index (χ4n) is 8.67. The Kier molecular flexibility index (Phi) is 8.49. The summed E-state index contributed by atoms with van der Waals surface area (Å²) in [5.74, 6) is 1.74.